The average molecular weight is 342 g/mol. The highest BCUT2D eigenvalue weighted by molar-refractivity contribution is 9.10. The predicted octanol–water partition coefficient (Wildman–Crippen LogP) is 2.53. The highest BCUT2D eigenvalue weighted by atomic mass is 79.9. The number of carbonyl (C=O) groups is 1. The maximum Gasteiger partial charge on any atom is 0.405 e. The zero-order valence-corrected chi connectivity index (χ0v) is 13.4. The van der Waals surface area contributed by atoms with Crippen LogP contribution in [-0.4, -0.2) is 49.3 Å². The number of anilines is 1. The third kappa shape index (κ3) is 3.64. The van der Waals surface area contributed by atoms with Crippen LogP contribution < -0.4 is 10.2 Å². The second-order valence-electron chi connectivity index (χ2n) is 5.17. The fourth-order valence-corrected chi connectivity index (χ4v) is 3.10. The number of hydrogen-bond acceptors (Lipinski definition) is 3. The zero-order valence-electron chi connectivity index (χ0n) is 11.8. The van der Waals surface area contributed by atoms with Gasteiger partial charge in [0.2, 0.25) is 0 Å². The molecule has 110 valence electrons. The summed E-state index contributed by atoms with van der Waals surface area (Å²) in [7, 11) is 2.13. The number of rotatable bonds is 3. The highest BCUT2D eigenvalue weighted by Crippen LogP contribution is 2.28. The summed E-state index contributed by atoms with van der Waals surface area (Å²) in [6.07, 6.45) is -1.01. The molecule has 1 aromatic carbocycles. The van der Waals surface area contributed by atoms with Gasteiger partial charge in [0.25, 0.3) is 0 Å². The average Bonchev–Trinajstić information content (AvgIpc) is 2.38. The number of amides is 1. The zero-order chi connectivity index (χ0) is 14.7. The van der Waals surface area contributed by atoms with Gasteiger partial charge in [-0.05, 0) is 31.7 Å². The molecule has 1 saturated heterocycles. The Bertz CT molecular complexity index is 487. The lowest BCUT2D eigenvalue weighted by molar-refractivity contribution is 0.191. The number of halogens is 1. The Morgan fingerprint density at radius 2 is 2.00 bits per heavy atom. The molecule has 1 amide bonds. The van der Waals surface area contributed by atoms with Crippen LogP contribution in [0.15, 0.2) is 22.7 Å². The minimum atomic E-state index is -1.01. The summed E-state index contributed by atoms with van der Waals surface area (Å²) in [6, 6.07) is 5.88. The van der Waals surface area contributed by atoms with Crippen molar-refractivity contribution in [1.82, 2.24) is 10.2 Å². The molecule has 2 N–H and O–H groups in total. The Morgan fingerprint density at radius 1 is 1.35 bits per heavy atom. The number of nitrogens with one attached hydrogen (secondary N) is 1. The van der Waals surface area contributed by atoms with E-state index in [-0.39, 0.29) is 6.04 Å². The van der Waals surface area contributed by atoms with Crippen molar-refractivity contribution in [3.05, 3.63) is 28.2 Å². The van der Waals surface area contributed by atoms with Crippen molar-refractivity contribution in [2.24, 2.45) is 0 Å². The van der Waals surface area contributed by atoms with Crippen LogP contribution in [0.25, 0.3) is 0 Å². The molecule has 0 radical (unpaired) electrons. The molecule has 6 heteroatoms. The van der Waals surface area contributed by atoms with E-state index in [1.807, 2.05) is 13.0 Å². The van der Waals surface area contributed by atoms with Crippen molar-refractivity contribution < 1.29 is 9.90 Å². The fourth-order valence-electron chi connectivity index (χ4n) is 2.39. The van der Waals surface area contributed by atoms with Gasteiger partial charge in [-0.15, -0.1) is 0 Å². The van der Waals surface area contributed by atoms with Crippen LogP contribution in [0.2, 0.25) is 0 Å². The molecular formula is C14H20BrN3O2. The van der Waals surface area contributed by atoms with Gasteiger partial charge in [-0.3, -0.25) is 0 Å². The van der Waals surface area contributed by atoms with Gasteiger partial charge in [0.05, 0.1) is 6.04 Å². The van der Waals surface area contributed by atoms with Gasteiger partial charge in [-0.25, -0.2) is 4.79 Å². The number of nitrogens with zero attached hydrogens (tertiary/aromatic N) is 2. The number of piperazine rings is 1. The lowest BCUT2D eigenvalue weighted by Gasteiger charge is -2.34. The summed E-state index contributed by atoms with van der Waals surface area (Å²) >= 11 is 3.55. The first-order chi connectivity index (χ1) is 9.47. The molecule has 1 aromatic rings. The molecule has 1 fully saturated rings. The van der Waals surface area contributed by atoms with E-state index >= 15 is 0 Å². The molecule has 5 nitrogen and oxygen atoms in total. The normalized spacial score (nSPS) is 17.9. The first-order valence-electron chi connectivity index (χ1n) is 6.70. The van der Waals surface area contributed by atoms with Gasteiger partial charge in [0, 0.05) is 36.3 Å². The molecule has 1 heterocycles. The van der Waals surface area contributed by atoms with Crippen molar-refractivity contribution >= 4 is 27.7 Å². The van der Waals surface area contributed by atoms with Crippen molar-refractivity contribution in [2.75, 3.05) is 38.1 Å². The maximum atomic E-state index is 10.7. The van der Waals surface area contributed by atoms with E-state index in [0.717, 1.165) is 36.2 Å². The number of hydrogen-bond donors (Lipinski definition) is 2. The standard InChI is InChI=1S/C14H20BrN3O2/c1-10(16-14(19)20)12-4-3-11(9-13(12)15)18-7-5-17(2)6-8-18/h3-4,9-10,16H,5-8H2,1-2H3,(H,19,20)/t10-/m0/s1. The summed E-state index contributed by atoms with van der Waals surface area (Å²) in [4.78, 5) is 15.4. The van der Waals surface area contributed by atoms with Gasteiger partial charge in [0.15, 0.2) is 0 Å². The first-order valence-corrected chi connectivity index (χ1v) is 7.49. The number of benzene rings is 1. The van der Waals surface area contributed by atoms with Crippen molar-refractivity contribution in [1.29, 1.82) is 0 Å². The minimum Gasteiger partial charge on any atom is -0.465 e. The SMILES string of the molecule is C[C@H](NC(=O)O)c1ccc(N2CCN(C)CC2)cc1Br. The van der Waals surface area contributed by atoms with Gasteiger partial charge < -0.3 is 20.2 Å². The van der Waals surface area contributed by atoms with Crippen molar-refractivity contribution in [3.8, 4) is 0 Å². The van der Waals surface area contributed by atoms with E-state index in [1.165, 1.54) is 5.69 Å². The van der Waals surface area contributed by atoms with Crippen LogP contribution in [0.3, 0.4) is 0 Å². The monoisotopic (exact) mass is 341 g/mol. The molecule has 0 spiro atoms. The van der Waals surface area contributed by atoms with Gasteiger partial charge in [-0.1, -0.05) is 22.0 Å². The van der Waals surface area contributed by atoms with Crippen LogP contribution in [0, 0.1) is 0 Å². The predicted molar refractivity (Wildman–Crippen MR) is 83.4 cm³/mol. The van der Waals surface area contributed by atoms with Gasteiger partial charge in [0.1, 0.15) is 0 Å². The third-order valence-electron chi connectivity index (χ3n) is 3.66. The maximum absolute atomic E-state index is 10.7. The van der Waals surface area contributed by atoms with Crippen LogP contribution in [0.1, 0.15) is 18.5 Å². The highest BCUT2D eigenvalue weighted by Gasteiger charge is 2.17. The van der Waals surface area contributed by atoms with E-state index in [4.69, 9.17) is 5.11 Å². The molecule has 0 aromatic heterocycles. The molecule has 1 atom stereocenters. The summed E-state index contributed by atoms with van der Waals surface area (Å²) in [5.74, 6) is 0. The van der Waals surface area contributed by atoms with E-state index in [0.29, 0.717) is 0 Å². The first kappa shape index (κ1) is 15.1. The topological polar surface area (TPSA) is 55.8 Å². The molecule has 2 rings (SSSR count). The third-order valence-corrected chi connectivity index (χ3v) is 4.35. The Morgan fingerprint density at radius 3 is 2.55 bits per heavy atom. The van der Waals surface area contributed by atoms with E-state index in [9.17, 15) is 4.79 Å². The number of carboxylic acid groups (broad SMARTS) is 1. The molecular weight excluding hydrogens is 322 g/mol. The van der Waals surface area contributed by atoms with E-state index in [1.54, 1.807) is 0 Å². The lowest BCUT2D eigenvalue weighted by Crippen LogP contribution is -2.44. The molecule has 20 heavy (non-hydrogen) atoms. The van der Waals surface area contributed by atoms with Crippen LogP contribution in [0.5, 0.6) is 0 Å². The second-order valence-corrected chi connectivity index (χ2v) is 6.02. The Balaban J connectivity index is 2.11. The molecule has 1 aliphatic rings. The van der Waals surface area contributed by atoms with Crippen LogP contribution in [-0.2, 0) is 0 Å². The molecule has 0 saturated carbocycles. The van der Waals surface area contributed by atoms with Crippen LogP contribution >= 0.6 is 15.9 Å². The summed E-state index contributed by atoms with van der Waals surface area (Å²) < 4.78 is 0.940. The second kappa shape index (κ2) is 6.45. The fraction of sp³-hybridized carbons (Fsp3) is 0.500. The quantitative estimate of drug-likeness (QED) is 0.886. The number of likely N-dealkylation sites (N-methyl/N-ethyl adjacent to an activating group) is 1. The van der Waals surface area contributed by atoms with Crippen molar-refractivity contribution in [3.63, 3.8) is 0 Å². The summed E-state index contributed by atoms with van der Waals surface area (Å²) in [6.45, 7) is 6.01. The smallest absolute Gasteiger partial charge is 0.405 e. The lowest BCUT2D eigenvalue weighted by atomic mass is 10.1. The largest absolute Gasteiger partial charge is 0.465 e. The van der Waals surface area contributed by atoms with Gasteiger partial charge in [-0.2, -0.15) is 0 Å². The Kier molecular flexibility index (Phi) is 4.88. The summed E-state index contributed by atoms with van der Waals surface area (Å²) in [5.41, 5.74) is 2.13. The summed E-state index contributed by atoms with van der Waals surface area (Å²) in [5, 5.41) is 11.3. The van der Waals surface area contributed by atoms with E-state index in [2.05, 4.69) is 50.2 Å². The Hall–Kier alpha value is -1.27. The van der Waals surface area contributed by atoms with E-state index < -0.39 is 6.09 Å². The van der Waals surface area contributed by atoms with Gasteiger partial charge >= 0.3 is 6.09 Å². The molecule has 1 aliphatic heterocycles. The molecule has 0 aliphatic carbocycles. The Labute approximate surface area is 127 Å². The molecule has 0 unspecified atom stereocenters. The van der Waals surface area contributed by atoms with Crippen LogP contribution in [0.4, 0.5) is 10.5 Å². The molecule has 0 bridgehead atoms. The minimum absolute atomic E-state index is 0.233. The van der Waals surface area contributed by atoms with Crippen molar-refractivity contribution in [2.45, 2.75) is 13.0 Å².